The lowest BCUT2D eigenvalue weighted by Gasteiger charge is -2.24. The number of alkyl halides is 2. The van der Waals surface area contributed by atoms with Crippen molar-refractivity contribution in [1.82, 2.24) is 5.32 Å². The first-order valence-electron chi connectivity index (χ1n) is 5.85. The third kappa shape index (κ3) is 4.82. The highest BCUT2D eigenvalue weighted by Gasteiger charge is 2.28. The maximum absolute atomic E-state index is 11.7. The molecule has 6 nitrogen and oxygen atoms in total. The van der Waals surface area contributed by atoms with Crippen molar-refractivity contribution in [2.24, 2.45) is 0 Å². The highest BCUT2D eigenvalue weighted by molar-refractivity contribution is 7.90. The van der Waals surface area contributed by atoms with Crippen LogP contribution in [0.4, 0.5) is 0 Å². The van der Waals surface area contributed by atoms with Gasteiger partial charge in [0.15, 0.2) is 14.7 Å². The molecular weight excluding hydrogens is 341 g/mol. The summed E-state index contributed by atoms with van der Waals surface area (Å²) in [6.45, 7) is -0.620. The molecule has 0 bridgehead atoms. The Balaban J connectivity index is 3.12. The monoisotopic (exact) mass is 355 g/mol. The average molecular weight is 356 g/mol. The van der Waals surface area contributed by atoms with Gasteiger partial charge in [-0.3, -0.25) is 4.79 Å². The molecule has 2 unspecified atom stereocenters. The molecule has 118 valence electrons. The Morgan fingerprint density at radius 2 is 1.90 bits per heavy atom. The first-order chi connectivity index (χ1) is 9.68. The molecule has 0 aromatic heterocycles. The summed E-state index contributed by atoms with van der Waals surface area (Å²) in [4.78, 5) is 9.97. The van der Waals surface area contributed by atoms with Crippen molar-refractivity contribution in [3.05, 3.63) is 29.8 Å². The van der Waals surface area contributed by atoms with Crippen LogP contribution in [-0.2, 0) is 14.6 Å². The predicted octanol–water partition coefficient (Wildman–Crippen LogP) is 0.404. The summed E-state index contributed by atoms with van der Waals surface area (Å²) < 4.78 is 23.4. The normalized spacial score (nSPS) is 14.8. The highest BCUT2D eigenvalue weighted by Crippen LogP contribution is 2.25. The molecule has 0 fully saturated rings. The minimum absolute atomic E-state index is 0.0695. The van der Waals surface area contributed by atoms with Gasteiger partial charge in [0, 0.05) is 11.8 Å². The molecule has 1 amide bonds. The molecule has 1 aromatic rings. The van der Waals surface area contributed by atoms with Crippen molar-refractivity contribution in [2.75, 3.05) is 12.9 Å². The Morgan fingerprint density at radius 3 is 2.38 bits per heavy atom. The van der Waals surface area contributed by atoms with E-state index in [1.165, 1.54) is 24.3 Å². The van der Waals surface area contributed by atoms with Gasteiger partial charge in [-0.2, -0.15) is 0 Å². The summed E-state index contributed by atoms with van der Waals surface area (Å²) in [5.74, 6) is -0.798. The predicted molar refractivity (Wildman–Crippen MR) is 79.0 cm³/mol. The number of aliphatic hydroxyl groups is 2. The number of benzene rings is 1. The van der Waals surface area contributed by atoms with Crippen LogP contribution >= 0.6 is 23.2 Å². The van der Waals surface area contributed by atoms with E-state index in [2.05, 4.69) is 5.32 Å². The van der Waals surface area contributed by atoms with E-state index in [0.717, 1.165) is 6.26 Å². The molecule has 21 heavy (non-hydrogen) atoms. The van der Waals surface area contributed by atoms with Crippen LogP contribution in [0.5, 0.6) is 0 Å². The van der Waals surface area contributed by atoms with Crippen LogP contribution in [0.25, 0.3) is 0 Å². The zero-order valence-corrected chi connectivity index (χ0v) is 13.4. The number of rotatable bonds is 6. The Labute approximate surface area is 132 Å². The SMILES string of the molecule is CS(=O)(=O)c1ccccc1C(O)C(CO)NC(=O)C(Cl)Cl. The average Bonchev–Trinajstić information content (AvgIpc) is 2.42. The lowest BCUT2D eigenvalue weighted by atomic mass is 10.0. The Bertz CT molecular complexity index is 605. The van der Waals surface area contributed by atoms with Crippen LogP contribution in [0.15, 0.2) is 29.2 Å². The van der Waals surface area contributed by atoms with Crippen molar-refractivity contribution in [1.29, 1.82) is 0 Å². The summed E-state index contributed by atoms with van der Waals surface area (Å²) in [6.07, 6.45) is -0.435. The van der Waals surface area contributed by atoms with E-state index in [1.54, 1.807) is 0 Å². The van der Waals surface area contributed by atoms with Crippen LogP contribution in [0.3, 0.4) is 0 Å². The molecule has 0 saturated heterocycles. The number of carbonyl (C=O) groups excluding carboxylic acids is 1. The van der Waals surface area contributed by atoms with Crippen molar-refractivity contribution < 1.29 is 23.4 Å². The molecule has 0 aliphatic heterocycles. The molecule has 1 rings (SSSR count). The standard InChI is InChI=1S/C12H15Cl2NO5S/c1-21(19,20)9-5-3-2-4-7(9)10(17)8(6-16)15-12(18)11(13)14/h2-5,8,10-11,16-17H,6H2,1H3,(H,15,18). The van der Waals surface area contributed by atoms with Crippen LogP contribution in [-0.4, -0.2) is 48.3 Å². The molecule has 3 N–H and O–H groups in total. The van der Waals surface area contributed by atoms with Gasteiger partial charge in [0.25, 0.3) is 5.91 Å². The van der Waals surface area contributed by atoms with Crippen molar-refractivity contribution >= 4 is 38.9 Å². The number of nitrogens with one attached hydrogen (secondary N) is 1. The van der Waals surface area contributed by atoms with E-state index in [4.69, 9.17) is 23.2 Å². The van der Waals surface area contributed by atoms with Gasteiger partial charge in [0.1, 0.15) is 6.10 Å². The number of hydrogen-bond acceptors (Lipinski definition) is 5. The molecule has 1 aromatic carbocycles. The van der Waals surface area contributed by atoms with Gasteiger partial charge in [-0.15, -0.1) is 0 Å². The summed E-state index contributed by atoms with van der Waals surface area (Å²) in [7, 11) is -3.57. The maximum atomic E-state index is 11.7. The molecular formula is C12H15Cl2NO5S. The smallest absolute Gasteiger partial charge is 0.253 e. The summed E-state index contributed by atoms with van der Waals surface area (Å²) in [6, 6.07) is 4.63. The fourth-order valence-corrected chi connectivity index (χ4v) is 2.82. The number of aliphatic hydroxyl groups excluding tert-OH is 2. The lowest BCUT2D eigenvalue weighted by Crippen LogP contribution is -2.44. The van der Waals surface area contributed by atoms with Gasteiger partial charge in [-0.1, -0.05) is 41.4 Å². The van der Waals surface area contributed by atoms with Gasteiger partial charge in [0.05, 0.1) is 17.5 Å². The second-order valence-corrected chi connectivity index (χ2v) is 7.43. The molecule has 0 aliphatic rings. The van der Waals surface area contributed by atoms with Gasteiger partial charge >= 0.3 is 0 Å². The second kappa shape index (κ2) is 7.42. The number of halogens is 2. The molecule has 0 radical (unpaired) electrons. The molecule has 9 heteroatoms. The van der Waals surface area contributed by atoms with Crippen LogP contribution in [0, 0.1) is 0 Å². The zero-order valence-electron chi connectivity index (χ0n) is 11.0. The minimum atomic E-state index is -3.57. The topological polar surface area (TPSA) is 104 Å². The minimum Gasteiger partial charge on any atom is -0.394 e. The Morgan fingerprint density at radius 1 is 1.33 bits per heavy atom. The van der Waals surface area contributed by atoms with E-state index in [1.807, 2.05) is 0 Å². The van der Waals surface area contributed by atoms with Gasteiger partial charge < -0.3 is 15.5 Å². The molecule has 0 aliphatic carbocycles. The van der Waals surface area contributed by atoms with E-state index in [0.29, 0.717) is 0 Å². The summed E-state index contributed by atoms with van der Waals surface area (Å²) >= 11 is 10.8. The largest absolute Gasteiger partial charge is 0.394 e. The van der Waals surface area contributed by atoms with Crippen molar-refractivity contribution in [2.45, 2.75) is 21.9 Å². The Hall–Kier alpha value is -0.860. The van der Waals surface area contributed by atoms with Gasteiger partial charge in [-0.05, 0) is 6.07 Å². The van der Waals surface area contributed by atoms with E-state index >= 15 is 0 Å². The fourth-order valence-electron chi connectivity index (χ4n) is 1.75. The van der Waals surface area contributed by atoms with Crippen molar-refractivity contribution in [3.8, 4) is 0 Å². The first kappa shape index (κ1) is 18.2. The van der Waals surface area contributed by atoms with Crippen LogP contribution < -0.4 is 5.32 Å². The van der Waals surface area contributed by atoms with Crippen LogP contribution in [0.2, 0.25) is 0 Å². The third-order valence-electron chi connectivity index (χ3n) is 2.74. The summed E-state index contributed by atoms with van der Waals surface area (Å²) in [5.41, 5.74) is 0.0695. The number of amides is 1. The van der Waals surface area contributed by atoms with Crippen molar-refractivity contribution in [3.63, 3.8) is 0 Å². The number of carbonyl (C=O) groups is 1. The van der Waals surface area contributed by atoms with Gasteiger partial charge in [-0.25, -0.2) is 8.42 Å². The zero-order chi connectivity index (χ0) is 16.2. The number of hydrogen-bond donors (Lipinski definition) is 3. The van der Waals surface area contributed by atoms with Crippen LogP contribution in [0.1, 0.15) is 11.7 Å². The molecule has 0 saturated carbocycles. The molecule has 0 spiro atoms. The maximum Gasteiger partial charge on any atom is 0.253 e. The Kier molecular flexibility index (Phi) is 6.42. The van der Waals surface area contributed by atoms with Gasteiger partial charge in [0.2, 0.25) is 0 Å². The van der Waals surface area contributed by atoms with E-state index in [9.17, 15) is 23.4 Å². The quantitative estimate of drug-likeness (QED) is 0.641. The number of sulfone groups is 1. The molecule has 0 heterocycles. The lowest BCUT2D eigenvalue weighted by molar-refractivity contribution is -0.121. The highest BCUT2D eigenvalue weighted by atomic mass is 35.5. The van der Waals surface area contributed by atoms with E-state index < -0.39 is 39.3 Å². The second-order valence-electron chi connectivity index (χ2n) is 4.35. The van der Waals surface area contributed by atoms with E-state index in [-0.39, 0.29) is 10.5 Å². The third-order valence-corrected chi connectivity index (χ3v) is 4.31. The summed E-state index contributed by atoms with van der Waals surface area (Å²) in [5, 5.41) is 21.7. The first-order valence-corrected chi connectivity index (χ1v) is 8.61. The molecule has 2 atom stereocenters. The fraction of sp³-hybridized carbons (Fsp3) is 0.417.